The lowest BCUT2D eigenvalue weighted by Crippen LogP contribution is -2.42. The molecule has 1 amide bonds. The van der Waals surface area contributed by atoms with E-state index in [0.29, 0.717) is 25.3 Å². The Morgan fingerprint density at radius 3 is 2.22 bits per heavy atom. The van der Waals surface area contributed by atoms with Crippen LogP contribution in [0.4, 0.5) is 0 Å². The van der Waals surface area contributed by atoms with Gasteiger partial charge in [-0.1, -0.05) is 92.8 Å². The second kappa shape index (κ2) is 13.4. The van der Waals surface area contributed by atoms with E-state index in [1.165, 1.54) is 24.8 Å². The Hall–Kier alpha value is -2.43. The Morgan fingerprint density at radius 1 is 0.892 bits per heavy atom. The fourth-order valence-corrected chi connectivity index (χ4v) is 7.33. The highest BCUT2D eigenvalue weighted by Gasteiger charge is 2.44. The summed E-state index contributed by atoms with van der Waals surface area (Å²) in [5, 5.41) is 0. The Kier molecular flexibility index (Phi) is 9.99. The number of carbonyl (C=O) groups is 2. The van der Waals surface area contributed by atoms with Gasteiger partial charge in [-0.25, -0.2) is 4.79 Å². The predicted octanol–water partition coefficient (Wildman–Crippen LogP) is 5.82. The molecule has 2 fully saturated rings. The second-order valence-electron chi connectivity index (χ2n) is 10.7. The van der Waals surface area contributed by atoms with Crippen LogP contribution in [-0.2, 0) is 31.9 Å². The molecule has 2 aliphatic rings. The molecule has 1 N–H and O–H groups in total. The smallest absolute Gasteiger partial charge is 0.329 e. The van der Waals surface area contributed by atoms with Crippen molar-refractivity contribution in [1.29, 1.82) is 0 Å². The van der Waals surface area contributed by atoms with Gasteiger partial charge in [-0.2, -0.15) is 0 Å². The molecule has 7 heteroatoms. The van der Waals surface area contributed by atoms with Gasteiger partial charge in [0.05, 0.1) is 0 Å². The molecular weight excluding hydrogens is 485 g/mol. The van der Waals surface area contributed by atoms with Crippen LogP contribution in [0.15, 0.2) is 60.7 Å². The molecular formula is C30H40NO5P. The van der Waals surface area contributed by atoms with Gasteiger partial charge in [0.15, 0.2) is 0 Å². The average molecular weight is 526 g/mol. The third-order valence-electron chi connectivity index (χ3n) is 7.91. The Bertz CT molecular complexity index is 1050. The van der Waals surface area contributed by atoms with Gasteiger partial charge in [0.25, 0.3) is 0 Å². The molecule has 1 unspecified atom stereocenters. The molecule has 1 aliphatic heterocycles. The number of rotatable bonds is 11. The minimum absolute atomic E-state index is 0.120. The number of likely N-dealkylation sites (tertiary alicyclic amines) is 1. The van der Waals surface area contributed by atoms with Crippen molar-refractivity contribution in [3.63, 3.8) is 0 Å². The third kappa shape index (κ3) is 8.28. The summed E-state index contributed by atoms with van der Waals surface area (Å²) in [5.74, 6) is -0.0719. The quantitative estimate of drug-likeness (QED) is 0.227. The lowest BCUT2D eigenvalue weighted by molar-refractivity contribution is -0.154. The topological polar surface area (TPSA) is 83.9 Å². The number of benzene rings is 2. The van der Waals surface area contributed by atoms with Gasteiger partial charge in [-0.3, -0.25) is 9.36 Å². The maximum absolute atomic E-state index is 13.3. The Balaban J connectivity index is 1.34. The molecule has 6 nitrogen and oxygen atoms in total. The number of hydrogen-bond donors (Lipinski definition) is 1. The van der Waals surface area contributed by atoms with Crippen molar-refractivity contribution in [3.8, 4) is 0 Å². The summed E-state index contributed by atoms with van der Waals surface area (Å²) in [6, 6.07) is 18.9. The van der Waals surface area contributed by atoms with Crippen LogP contribution in [0.3, 0.4) is 0 Å². The van der Waals surface area contributed by atoms with Crippen molar-refractivity contribution in [1.82, 2.24) is 4.90 Å². The second-order valence-corrected chi connectivity index (χ2v) is 13.2. The molecule has 0 spiro atoms. The monoisotopic (exact) mass is 525 g/mol. The average Bonchev–Trinajstić information content (AvgIpc) is 3.37. The van der Waals surface area contributed by atoms with Crippen LogP contribution in [0.25, 0.3) is 0 Å². The van der Waals surface area contributed by atoms with Gasteiger partial charge >= 0.3 is 5.97 Å². The van der Waals surface area contributed by atoms with Gasteiger partial charge in [0.1, 0.15) is 18.8 Å². The molecule has 0 radical (unpaired) electrons. The molecule has 1 heterocycles. The molecule has 2 aromatic carbocycles. The van der Waals surface area contributed by atoms with Crippen LogP contribution in [-0.4, -0.2) is 46.6 Å². The van der Waals surface area contributed by atoms with Crippen LogP contribution in [0.1, 0.15) is 62.5 Å². The van der Waals surface area contributed by atoms with Crippen LogP contribution >= 0.6 is 7.37 Å². The van der Waals surface area contributed by atoms with Crippen LogP contribution in [0.5, 0.6) is 0 Å². The van der Waals surface area contributed by atoms with Crippen molar-refractivity contribution in [2.45, 2.75) is 70.4 Å². The number of ether oxygens (including phenoxy) is 1. The first-order chi connectivity index (χ1) is 17.9. The largest absolute Gasteiger partial charge is 0.459 e. The number of hydrogen-bond acceptors (Lipinski definition) is 4. The Morgan fingerprint density at radius 2 is 1.54 bits per heavy atom. The minimum Gasteiger partial charge on any atom is -0.459 e. The van der Waals surface area contributed by atoms with Crippen LogP contribution < -0.4 is 0 Å². The minimum atomic E-state index is -3.64. The van der Waals surface area contributed by atoms with E-state index >= 15 is 0 Å². The zero-order valence-electron chi connectivity index (χ0n) is 21.7. The Labute approximate surface area is 220 Å². The number of unbranched alkanes of at least 4 members (excludes halogenated alkanes) is 1. The SMILES string of the molecule is O=C(OCc1ccccc1)[C@@H]1C[C@@H](C2CCCCC2)CN1C(=O)CP(=O)(O)CCCCc1ccccc1. The molecule has 3 atom stereocenters. The van der Waals surface area contributed by atoms with Crippen molar-refractivity contribution >= 4 is 19.2 Å². The fourth-order valence-electron chi connectivity index (χ4n) is 5.85. The van der Waals surface area contributed by atoms with E-state index in [0.717, 1.165) is 31.2 Å². The molecule has 1 aliphatic carbocycles. The van der Waals surface area contributed by atoms with Gasteiger partial charge in [0.2, 0.25) is 13.3 Å². The molecule has 0 bridgehead atoms. The van der Waals surface area contributed by atoms with E-state index in [1.54, 1.807) is 4.90 Å². The number of esters is 1. The zero-order valence-corrected chi connectivity index (χ0v) is 22.6. The van der Waals surface area contributed by atoms with Crippen LogP contribution in [0, 0.1) is 11.8 Å². The highest BCUT2D eigenvalue weighted by atomic mass is 31.2. The highest BCUT2D eigenvalue weighted by Crippen LogP contribution is 2.43. The van der Waals surface area contributed by atoms with E-state index in [4.69, 9.17) is 4.74 Å². The number of aryl methyl sites for hydroxylation is 1. The van der Waals surface area contributed by atoms with Crippen molar-refractivity contribution in [2.24, 2.45) is 11.8 Å². The predicted molar refractivity (Wildman–Crippen MR) is 145 cm³/mol. The van der Waals surface area contributed by atoms with E-state index in [1.807, 2.05) is 48.5 Å². The lowest BCUT2D eigenvalue weighted by Gasteiger charge is -2.27. The van der Waals surface area contributed by atoms with Crippen LogP contribution in [0.2, 0.25) is 0 Å². The van der Waals surface area contributed by atoms with Crippen molar-refractivity contribution in [2.75, 3.05) is 18.9 Å². The van der Waals surface area contributed by atoms with Gasteiger partial charge in [-0.15, -0.1) is 0 Å². The number of carbonyl (C=O) groups excluding carboxylic acids is 2. The summed E-state index contributed by atoms with van der Waals surface area (Å²) >= 11 is 0. The number of nitrogens with zero attached hydrogens (tertiary/aromatic N) is 1. The standard InChI is InChI=1S/C30H40NO5P/c32-29(23-37(34,35)19-11-10-14-24-12-4-1-5-13-24)31-21-27(26-17-8-3-9-18-26)20-28(31)30(33)36-22-25-15-6-2-7-16-25/h1-2,4-7,12-13,15-16,26-28H,3,8-11,14,17-23H2,(H,34,35)/t27-,28+/m1/s1. The fraction of sp³-hybridized carbons (Fsp3) is 0.533. The molecule has 0 aromatic heterocycles. The molecule has 4 rings (SSSR count). The first kappa shape index (κ1) is 27.6. The zero-order chi connectivity index (χ0) is 26.1. The highest BCUT2D eigenvalue weighted by molar-refractivity contribution is 7.58. The molecule has 1 saturated heterocycles. The maximum atomic E-state index is 13.3. The van der Waals surface area contributed by atoms with E-state index < -0.39 is 31.4 Å². The summed E-state index contributed by atoms with van der Waals surface area (Å²) in [7, 11) is -3.64. The summed E-state index contributed by atoms with van der Waals surface area (Å²) in [6.45, 7) is 0.634. The first-order valence-corrected chi connectivity index (χ1v) is 15.8. The van der Waals surface area contributed by atoms with Crippen molar-refractivity contribution < 1.29 is 23.8 Å². The summed E-state index contributed by atoms with van der Waals surface area (Å²) in [5.41, 5.74) is 2.10. The van der Waals surface area contributed by atoms with E-state index in [-0.39, 0.29) is 18.7 Å². The summed E-state index contributed by atoms with van der Waals surface area (Å²) in [6.07, 6.45) is 8.39. The molecule has 200 valence electrons. The molecule has 37 heavy (non-hydrogen) atoms. The maximum Gasteiger partial charge on any atom is 0.329 e. The van der Waals surface area contributed by atoms with Gasteiger partial charge in [-0.05, 0) is 48.6 Å². The molecule has 2 aromatic rings. The first-order valence-electron chi connectivity index (χ1n) is 13.8. The third-order valence-corrected chi connectivity index (χ3v) is 9.69. The van der Waals surface area contributed by atoms with Crippen molar-refractivity contribution in [3.05, 3.63) is 71.8 Å². The summed E-state index contributed by atoms with van der Waals surface area (Å²) < 4.78 is 18.6. The molecule has 1 saturated carbocycles. The van der Waals surface area contributed by atoms with E-state index in [9.17, 15) is 19.0 Å². The summed E-state index contributed by atoms with van der Waals surface area (Å²) in [4.78, 5) is 38.6. The van der Waals surface area contributed by atoms with Gasteiger partial charge < -0.3 is 14.5 Å². The van der Waals surface area contributed by atoms with Gasteiger partial charge in [0, 0.05) is 12.7 Å². The number of amides is 1. The lowest BCUT2D eigenvalue weighted by atomic mass is 9.79. The normalized spacial score (nSPS) is 21.9. The van der Waals surface area contributed by atoms with E-state index in [2.05, 4.69) is 12.1 Å².